The molecule has 1 amide bonds. The lowest BCUT2D eigenvalue weighted by Gasteiger charge is -2.34. The van der Waals surface area contributed by atoms with E-state index in [1.165, 1.54) is 0 Å². The second-order valence-corrected chi connectivity index (χ2v) is 5.52. The number of piperazine rings is 1. The summed E-state index contributed by atoms with van der Waals surface area (Å²) in [5, 5.41) is 3.31. The zero-order valence-corrected chi connectivity index (χ0v) is 12.6. The van der Waals surface area contributed by atoms with Gasteiger partial charge in [-0.3, -0.25) is 4.79 Å². The smallest absolute Gasteiger partial charge is 0.223 e. The third kappa shape index (κ3) is 3.51. The van der Waals surface area contributed by atoms with Crippen molar-refractivity contribution < 1.29 is 9.53 Å². The van der Waals surface area contributed by atoms with Gasteiger partial charge < -0.3 is 15.0 Å². The highest BCUT2D eigenvalue weighted by atomic mass is 16.5. The van der Waals surface area contributed by atoms with E-state index in [1.54, 1.807) is 7.11 Å². The van der Waals surface area contributed by atoms with Gasteiger partial charge in [-0.05, 0) is 30.5 Å². The Morgan fingerprint density at radius 3 is 3.05 bits per heavy atom. The van der Waals surface area contributed by atoms with Crippen molar-refractivity contribution in [1.29, 1.82) is 0 Å². The van der Waals surface area contributed by atoms with Crippen LogP contribution >= 0.6 is 0 Å². The van der Waals surface area contributed by atoms with Gasteiger partial charge in [0.2, 0.25) is 5.91 Å². The van der Waals surface area contributed by atoms with Gasteiger partial charge in [0, 0.05) is 32.1 Å². The van der Waals surface area contributed by atoms with Crippen molar-refractivity contribution in [3.63, 3.8) is 0 Å². The molecule has 1 N–H and O–H groups in total. The van der Waals surface area contributed by atoms with Crippen LogP contribution in [-0.2, 0) is 4.79 Å². The Bertz CT molecular complexity index is 462. The van der Waals surface area contributed by atoms with Crippen LogP contribution in [0.5, 0.6) is 5.75 Å². The predicted molar refractivity (Wildman–Crippen MR) is 80.1 cm³/mol. The lowest BCUT2D eigenvalue weighted by atomic mass is 9.96. The quantitative estimate of drug-likeness (QED) is 0.914. The number of hydrogen-bond donors (Lipinski definition) is 1. The van der Waals surface area contributed by atoms with Gasteiger partial charge in [0.05, 0.1) is 7.11 Å². The van der Waals surface area contributed by atoms with Crippen LogP contribution in [-0.4, -0.2) is 43.6 Å². The first-order valence-electron chi connectivity index (χ1n) is 7.26. The molecule has 4 heteroatoms. The third-order valence-electron chi connectivity index (χ3n) is 3.97. The van der Waals surface area contributed by atoms with Crippen LogP contribution in [0.25, 0.3) is 0 Å². The largest absolute Gasteiger partial charge is 0.497 e. The molecule has 0 bridgehead atoms. The molecule has 110 valence electrons. The van der Waals surface area contributed by atoms with E-state index < -0.39 is 0 Å². The number of carbonyl (C=O) groups is 1. The highest BCUT2D eigenvalue weighted by molar-refractivity contribution is 5.77. The molecule has 4 nitrogen and oxygen atoms in total. The number of benzene rings is 1. The third-order valence-corrected chi connectivity index (χ3v) is 3.97. The Balaban J connectivity index is 1.99. The molecular formula is C16H24N2O2. The van der Waals surface area contributed by atoms with Crippen molar-refractivity contribution >= 4 is 5.91 Å². The minimum absolute atomic E-state index is 0.208. The van der Waals surface area contributed by atoms with Gasteiger partial charge in [0.15, 0.2) is 0 Å². The van der Waals surface area contributed by atoms with Crippen LogP contribution in [0.3, 0.4) is 0 Å². The number of ether oxygens (including phenoxy) is 1. The summed E-state index contributed by atoms with van der Waals surface area (Å²) in [6.45, 7) is 6.79. The Hall–Kier alpha value is -1.55. The molecule has 0 spiro atoms. The highest BCUT2D eigenvalue weighted by Gasteiger charge is 2.24. The molecule has 1 aromatic rings. The van der Waals surface area contributed by atoms with Crippen LogP contribution < -0.4 is 10.1 Å². The summed E-state index contributed by atoms with van der Waals surface area (Å²) in [6, 6.07) is 8.26. The molecule has 2 rings (SSSR count). The second kappa shape index (κ2) is 6.75. The molecule has 0 radical (unpaired) electrons. The van der Waals surface area contributed by atoms with Crippen molar-refractivity contribution in [3.8, 4) is 5.75 Å². The fraction of sp³-hybridized carbons (Fsp3) is 0.562. The molecule has 1 aliphatic rings. The zero-order chi connectivity index (χ0) is 14.5. The van der Waals surface area contributed by atoms with Gasteiger partial charge in [-0.25, -0.2) is 0 Å². The first-order valence-corrected chi connectivity index (χ1v) is 7.26. The summed E-state index contributed by atoms with van der Waals surface area (Å²) in [5.74, 6) is 1.30. The molecule has 1 aliphatic heterocycles. The Kier molecular flexibility index (Phi) is 5.01. The van der Waals surface area contributed by atoms with Crippen molar-refractivity contribution in [3.05, 3.63) is 29.8 Å². The lowest BCUT2D eigenvalue weighted by Crippen LogP contribution is -2.52. The van der Waals surface area contributed by atoms with Crippen LogP contribution in [0.4, 0.5) is 0 Å². The van der Waals surface area contributed by atoms with Crippen molar-refractivity contribution in [2.45, 2.75) is 32.2 Å². The minimum Gasteiger partial charge on any atom is -0.497 e. The van der Waals surface area contributed by atoms with Gasteiger partial charge in [0.1, 0.15) is 5.75 Å². The first-order chi connectivity index (χ1) is 9.61. The van der Waals surface area contributed by atoms with Gasteiger partial charge in [-0.1, -0.05) is 19.1 Å². The van der Waals surface area contributed by atoms with E-state index in [-0.39, 0.29) is 17.9 Å². The van der Waals surface area contributed by atoms with Crippen LogP contribution in [0, 0.1) is 0 Å². The number of nitrogens with one attached hydrogen (secondary N) is 1. The van der Waals surface area contributed by atoms with E-state index in [2.05, 4.69) is 25.2 Å². The van der Waals surface area contributed by atoms with Crippen molar-refractivity contribution in [1.82, 2.24) is 10.2 Å². The van der Waals surface area contributed by atoms with E-state index in [0.717, 1.165) is 30.9 Å². The summed E-state index contributed by atoms with van der Waals surface area (Å²) in [7, 11) is 1.66. The molecule has 1 saturated heterocycles. The summed E-state index contributed by atoms with van der Waals surface area (Å²) < 4.78 is 5.24. The van der Waals surface area contributed by atoms with E-state index in [1.807, 2.05) is 23.1 Å². The standard InChI is InChI=1S/C16H24N2O2/c1-12(14-5-4-6-15(10-14)20-3)9-16(19)18-8-7-17-11-13(18)2/h4-6,10,12-13,17H,7-9,11H2,1-3H3/t12?,13-/m1/s1. The van der Waals surface area contributed by atoms with Crippen LogP contribution in [0.1, 0.15) is 31.7 Å². The van der Waals surface area contributed by atoms with Gasteiger partial charge >= 0.3 is 0 Å². The maximum Gasteiger partial charge on any atom is 0.223 e. The Morgan fingerprint density at radius 1 is 1.55 bits per heavy atom. The molecule has 0 aromatic heterocycles. The topological polar surface area (TPSA) is 41.6 Å². The van der Waals surface area contributed by atoms with Crippen LogP contribution in [0.2, 0.25) is 0 Å². The summed E-state index contributed by atoms with van der Waals surface area (Å²) in [5.41, 5.74) is 1.15. The molecule has 1 aromatic carbocycles. The Morgan fingerprint density at radius 2 is 2.35 bits per heavy atom. The monoisotopic (exact) mass is 276 g/mol. The highest BCUT2D eigenvalue weighted by Crippen LogP contribution is 2.24. The first kappa shape index (κ1) is 14.9. The summed E-state index contributed by atoms with van der Waals surface area (Å²) >= 11 is 0. The fourth-order valence-corrected chi connectivity index (χ4v) is 2.66. The molecule has 1 heterocycles. The molecule has 1 unspecified atom stereocenters. The van der Waals surface area contributed by atoms with Gasteiger partial charge in [-0.15, -0.1) is 0 Å². The number of rotatable bonds is 4. The van der Waals surface area contributed by atoms with Crippen molar-refractivity contribution in [2.75, 3.05) is 26.7 Å². The van der Waals surface area contributed by atoms with E-state index in [9.17, 15) is 4.79 Å². The van der Waals surface area contributed by atoms with Gasteiger partial charge in [0.25, 0.3) is 0 Å². The maximum absolute atomic E-state index is 12.4. The van der Waals surface area contributed by atoms with Crippen LogP contribution in [0.15, 0.2) is 24.3 Å². The number of hydrogen-bond acceptors (Lipinski definition) is 3. The average Bonchev–Trinajstić information content (AvgIpc) is 2.47. The lowest BCUT2D eigenvalue weighted by molar-refractivity contribution is -0.134. The molecule has 1 fully saturated rings. The number of carbonyl (C=O) groups excluding carboxylic acids is 1. The second-order valence-electron chi connectivity index (χ2n) is 5.52. The summed E-state index contributed by atoms with van der Waals surface area (Å²) in [4.78, 5) is 14.4. The van der Waals surface area contributed by atoms with E-state index in [4.69, 9.17) is 4.74 Å². The molecule has 2 atom stereocenters. The number of amides is 1. The normalized spacial score (nSPS) is 20.6. The molecular weight excluding hydrogens is 252 g/mol. The van der Waals surface area contributed by atoms with E-state index in [0.29, 0.717) is 6.42 Å². The predicted octanol–water partition coefficient (Wildman–Crippen LogP) is 2.01. The van der Waals surface area contributed by atoms with Crippen molar-refractivity contribution in [2.24, 2.45) is 0 Å². The summed E-state index contributed by atoms with van der Waals surface area (Å²) in [6.07, 6.45) is 0.553. The minimum atomic E-state index is 0.208. The van der Waals surface area contributed by atoms with E-state index >= 15 is 0 Å². The Labute approximate surface area is 121 Å². The molecule has 0 aliphatic carbocycles. The number of methoxy groups -OCH3 is 1. The number of nitrogens with zero attached hydrogens (tertiary/aromatic N) is 1. The van der Waals surface area contributed by atoms with Gasteiger partial charge in [-0.2, -0.15) is 0 Å². The average molecular weight is 276 g/mol. The zero-order valence-electron chi connectivity index (χ0n) is 12.6. The molecule has 0 saturated carbocycles. The fourth-order valence-electron chi connectivity index (χ4n) is 2.66. The maximum atomic E-state index is 12.4. The molecule has 20 heavy (non-hydrogen) atoms. The SMILES string of the molecule is COc1cccc(C(C)CC(=O)N2CCNC[C@H]2C)c1.